The molecule has 0 amide bonds. The Morgan fingerprint density at radius 2 is 1.86 bits per heavy atom. The standard InChI is InChI=1S/C24H28N4O/c1-18-9-8-14-28(17-18)23-15-21(19-10-4-3-5-11-19)26-24(27-23)25-16-20-12-6-7-13-22(20)29-2/h3-7,10-13,15,18H,8-9,14,16-17H2,1-2H3,(H,25,26,27). The second-order valence-electron chi connectivity index (χ2n) is 7.66. The molecule has 3 aromatic rings. The largest absolute Gasteiger partial charge is 0.496 e. The minimum absolute atomic E-state index is 0.609. The zero-order valence-electron chi connectivity index (χ0n) is 17.1. The molecule has 1 N–H and O–H groups in total. The molecular formula is C24H28N4O. The molecule has 1 aliphatic rings. The summed E-state index contributed by atoms with van der Waals surface area (Å²) in [6, 6.07) is 20.4. The first-order valence-electron chi connectivity index (χ1n) is 10.3. The molecule has 5 heteroatoms. The van der Waals surface area contributed by atoms with E-state index in [0.29, 0.717) is 18.4 Å². The van der Waals surface area contributed by atoms with E-state index in [9.17, 15) is 0 Å². The Morgan fingerprint density at radius 3 is 2.66 bits per heavy atom. The lowest BCUT2D eigenvalue weighted by Crippen LogP contribution is -2.35. The minimum Gasteiger partial charge on any atom is -0.496 e. The van der Waals surface area contributed by atoms with Crippen molar-refractivity contribution in [1.29, 1.82) is 0 Å². The van der Waals surface area contributed by atoms with Gasteiger partial charge in [0, 0.05) is 36.8 Å². The van der Waals surface area contributed by atoms with Crippen molar-refractivity contribution in [3.05, 3.63) is 66.2 Å². The van der Waals surface area contributed by atoms with Crippen LogP contribution in [-0.2, 0) is 6.54 Å². The number of benzene rings is 2. The summed E-state index contributed by atoms with van der Waals surface area (Å²) in [5, 5.41) is 3.41. The van der Waals surface area contributed by atoms with Gasteiger partial charge in [-0.2, -0.15) is 4.98 Å². The number of rotatable bonds is 6. The average Bonchev–Trinajstić information content (AvgIpc) is 2.78. The molecule has 1 unspecified atom stereocenters. The van der Waals surface area contributed by atoms with E-state index < -0.39 is 0 Å². The highest BCUT2D eigenvalue weighted by molar-refractivity contribution is 5.65. The van der Waals surface area contributed by atoms with Crippen LogP contribution < -0.4 is 15.0 Å². The van der Waals surface area contributed by atoms with Crippen LogP contribution >= 0.6 is 0 Å². The maximum atomic E-state index is 5.47. The van der Waals surface area contributed by atoms with Gasteiger partial charge >= 0.3 is 0 Å². The summed E-state index contributed by atoms with van der Waals surface area (Å²) in [4.78, 5) is 12.0. The fourth-order valence-electron chi connectivity index (χ4n) is 3.85. The third-order valence-electron chi connectivity index (χ3n) is 5.39. The van der Waals surface area contributed by atoms with Crippen molar-refractivity contribution < 1.29 is 4.74 Å². The van der Waals surface area contributed by atoms with Crippen molar-refractivity contribution in [3.8, 4) is 17.0 Å². The van der Waals surface area contributed by atoms with E-state index in [1.54, 1.807) is 7.11 Å². The van der Waals surface area contributed by atoms with Crippen molar-refractivity contribution in [2.45, 2.75) is 26.3 Å². The van der Waals surface area contributed by atoms with Crippen LogP contribution in [0.15, 0.2) is 60.7 Å². The van der Waals surface area contributed by atoms with Crippen molar-refractivity contribution >= 4 is 11.8 Å². The first-order chi connectivity index (χ1) is 14.2. The van der Waals surface area contributed by atoms with Gasteiger partial charge in [0.2, 0.25) is 5.95 Å². The molecule has 1 aromatic heterocycles. The molecule has 150 valence electrons. The first-order valence-corrected chi connectivity index (χ1v) is 10.3. The van der Waals surface area contributed by atoms with Gasteiger partial charge in [0.05, 0.1) is 12.8 Å². The number of nitrogens with one attached hydrogen (secondary N) is 1. The summed E-state index contributed by atoms with van der Waals surface area (Å²) in [6.07, 6.45) is 2.49. The number of hydrogen-bond donors (Lipinski definition) is 1. The maximum Gasteiger partial charge on any atom is 0.225 e. The Bertz CT molecular complexity index is 945. The summed E-state index contributed by atoms with van der Waals surface area (Å²) in [5.41, 5.74) is 3.12. The molecule has 0 bridgehead atoms. The van der Waals surface area contributed by atoms with Crippen LogP contribution in [0.3, 0.4) is 0 Å². The molecule has 0 spiro atoms. The van der Waals surface area contributed by atoms with Crippen molar-refractivity contribution in [2.24, 2.45) is 5.92 Å². The number of hydrogen-bond acceptors (Lipinski definition) is 5. The molecular weight excluding hydrogens is 360 g/mol. The highest BCUT2D eigenvalue weighted by Crippen LogP contribution is 2.27. The second-order valence-corrected chi connectivity index (χ2v) is 7.66. The SMILES string of the molecule is COc1ccccc1CNc1nc(-c2ccccc2)cc(N2CCCC(C)C2)n1. The normalized spacial score (nSPS) is 16.5. The summed E-state index contributed by atoms with van der Waals surface area (Å²) >= 11 is 0. The Kier molecular flexibility index (Phi) is 5.94. The van der Waals surface area contributed by atoms with Crippen LogP contribution in [0.5, 0.6) is 5.75 Å². The van der Waals surface area contributed by atoms with Crippen LogP contribution in [0.1, 0.15) is 25.3 Å². The predicted octanol–water partition coefficient (Wildman–Crippen LogP) is 5.00. The molecule has 0 saturated carbocycles. The second kappa shape index (κ2) is 8.95. The van der Waals surface area contributed by atoms with Crippen LogP contribution in [-0.4, -0.2) is 30.2 Å². The van der Waals surface area contributed by atoms with Gasteiger partial charge in [-0.1, -0.05) is 55.5 Å². The Hall–Kier alpha value is -3.08. The molecule has 0 radical (unpaired) electrons. The van der Waals surface area contributed by atoms with Crippen LogP contribution in [0.25, 0.3) is 11.3 Å². The summed E-state index contributed by atoms with van der Waals surface area (Å²) in [5.74, 6) is 3.19. The topological polar surface area (TPSA) is 50.3 Å². The molecule has 1 saturated heterocycles. The monoisotopic (exact) mass is 388 g/mol. The number of anilines is 2. The Balaban J connectivity index is 1.64. The van der Waals surface area contributed by atoms with Gasteiger partial charge in [-0.25, -0.2) is 4.98 Å². The zero-order valence-corrected chi connectivity index (χ0v) is 17.1. The smallest absolute Gasteiger partial charge is 0.225 e. The lowest BCUT2D eigenvalue weighted by molar-refractivity contribution is 0.410. The van der Waals surface area contributed by atoms with Gasteiger partial charge in [0.1, 0.15) is 11.6 Å². The minimum atomic E-state index is 0.609. The number of para-hydroxylation sites is 1. The number of aromatic nitrogens is 2. The van der Waals surface area contributed by atoms with E-state index in [0.717, 1.165) is 41.5 Å². The first kappa shape index (κ1) is 19.2. The number of methoxy groups -OCH3 is 1. The molecule has 4 rings (SSSR count). The van der Waals surface area contributed by atoms with Gasteiger partial charge < -0.3 is 15.0 Å². The summed E-state index contributed by atoms with van der Waals surface area (Å²) in [6.45, 7) is 5.00. The van der Waals surface area contributed by atoms with Gasteiger partial charge in [-0.3, -0.25) is 0 Å². The van der Waals surface area contributed by atoms with E-state index in [1.807, 2.05) is 36.4 Å². The average molecular weight is 389 g/mol. The predicted molar refractivity (Wildman–Crippen MR) is 118 cm³/mol. The lowest BCUT2D eigenvalue weighted by atomic mass is 10.0. The fourth-order valence-corrected chi connectivity index (χ4v) is 3.85. The molecule has 29 heavy (non-hydrogen) atoms. The zero-order chi connectivity index (χ0) is 20.1. The van der Waals surface area contributed by atoms with Gasteiger partial charge in [-0.15, -0.1) is 0 Å². The maximum absolute atomic E-state index is 5.47. The van der Waals surface area contributed by atoms with Crippen molar-refractivity contribution in [3.63, 3.8) is 0 Å². The van der Waals surface area contributed by atoms with E-state index >= 15 is 0 Å². The third-order valence-corrected chi connectivity index (χ3v) is 5.39. The van der Waals surface area contributed by atoms with Crippen LogP contribution in [0.4, 0.5) is 11.8 Å². The number of piperidine rings is 1. The van der Waals surface area contributed by atoms with E-state index in [4.69, 9.17) is 14.7 Å². The van der Waals surface area contributed by atoms with Crippen LogP contribution in [0.2, 0.25) is 0 Å². The fraction of sp³-hybridized carbons (Fsp3) is 0.333. The Labute approximate surface area is 172 Å². The number of nitrogens with zero attached hydrogens (tertiary/aromatic N) is 3. The van der Waals surface area contributed by atoms with Crippen molar-refractivity contribution in [1.82, 2.24) is 9.97 Å². The Morgan fingerprint density at radius 1 is 1.07 bits per heavy atom. The highest BCUT2D eigenvalue weighted by atomic mass is 16.5. The van der Waals surface area contributed by atoms with Gasteiger partial charge in [-0.05, 0) is 24.8 Å². The molecule has 1 fully saturated rings. The van der Waals surface area contributed by atoms with Gasteiger partial charge in [0.15, 0.2) is 0 Å². The van der Waals surface area contributed by atoms with Gasteiger partial charge in [0.25, 0.3) is 0 Å². The summed E-state index contributed by atoms with van der Waals surface area (Å²) < 4.78 is 5.47. The quantitative estimate of drug-likeness (QED) is 0.644. The molecule has 2 aromatic carbocycles. The van der Waals surface area contributed by atoms with Crippen LogP contribution in [0, 0.1) is 5.92 Å². The summed E-state index contributed by atoms with van der Waals surface area (Å²) in [7, 11) is 1.70. The molecule has 1 aliphatic heterocycles. The van der Waals surface area contributed by atoms with E-state index in [1.165, 1.54) is 12.8 Å². The number of ether oxygens (including phenoxy) is 1. The molecule has 5 nitrogen and oxygen atoms in total. The molecule has 1 atom stereocenters. The molecule has 0 aliphatic carbocycles. The third kappa shape index (κ3) is 4.67. The van der Waals surface area contributed by atoms with E-state index in [2.05, 4.69) is 41.4 Å². The molecule has 2 heterocycles. The van der Waals surface area contributed by atoms with Crippen molar-refractivity contribution in [2.75, 3.05) is 30.4 Å². The highest BCUT2D eigenvalue weighted by Gasteiger charge is 2.19. The lowest BCUT2D eigenvalue weighted by Gasteiger charge is -2.32. The van der Waals surface area contributed by atoms with E-state index in [-0.39, 0.29) is 0 Å².